The molecule has 0 unspecified atom stereocenters. The maximum Gasteiger partial charge on any atom is 0.272 e. The van der Waals surface area contributed by atoms with E-state index in [9.17, 15) is 17.6 Å². The number of aromatic amines is 1. The number of fused-ring (bicyclic) bond motifs is 2. The number of anilines is 1. The molecule has 0 saturated heterocycles. The Hall–Kier alpha value is -3.85. The second-order valence-corrected chi connectivity index (χ2v) is 11.2. The maximum absolute atomic E-state index is 13.9. The molecule has 3 aromatic heterocycles. The van der Waals surface area contributed by atoms with E-state index in [1.54, 1.807) is 17.7 Å². The Bertz CT molecular complexity index is 1790. The summed E-state index contributed by atoms with van der Waals surface area (Å²) in [6.45, 7) is 5.86. The lowest BCUT2D eigenvalue weighted by Crippen LogP contribution is -2.14. The van der Waals surface area contributed by atoms with Gasteiger partial charge in [0.25, 0.3) is 5.56 Å². The molecule has 3 heterocycles. The molecule has 0 atom stereocenters. The van der Waals surface area contributed by atoms with Crippen LogP contribution in [0.1, 0.15) is 23.6 Å². The molecule has 0 bridgehead atoms. The zero-order valence-corrected chi connectivity index (χ0v) is 21.3. The molecule has 7 nitrogen and oxygen atoms in total. The van der Waals surface area contributed by atoms with Gasteiger partial charge in [-0.15, -0.1) is 0 Å². The van der Waals surface area contributed by atoms with Crippen LogP contribution in [0.25, 0.3) is 32.9 Å². The smallest absolute Gasteiger partial charge is 0.272 e. The number of hydrogen-bond acceptors (Lipinski definition) is 3. The van der Waals surface area contributed by atoms with Crippen LogP contribution >= 0.6 is 0 Å². The van der Waals surface area contributed by atoms with Crippen LogP contribution in [0.15, 0.2) is 59.8 Å². The van der Waals surface area contributed by atoms with Gasteiger partial charge in [0.2, 0.25) is 10.0 Å². The number of aryl methyl sites for hydroxylation is 3. The van der Waals surface area contributed by atoms with E-state index in [2.05, 4.69) is 9.71 Å². The molecule has 0 aliphatic carbocycles. The minimum atomic E-state index is -3.54. The molecule has 2 aromatic carbocycles. The molecule has 5 aromatic rings. The summed E-state index contributed by atoms with van der Waals surface area (Å²) in [7, 11) is -1.73. The van der Waals surface area contributed by atoms with Gasteiger partial charge in [0.15, 0.2) is 0 Å². The van der Waals surface area contributed by atoms with Crippen LogP contribution in [-0.4, -0.2) is 28.3 Å². The van der Waals surface area contributed by atoms with Gasteiger partial charge in [0.05, 0.1) is 17.0 Å². The van der Waals surface area contributed by atoms with Crippen LogP contribution in [0.2, 0.25) is 0 Å². The summed E-state index contributed by atoms with van der Waals surface area (Å²) in [5, 5.41) is 1.53. The molecular formula is C27H27FN4O3S. The van der Waals surface area contributed by atoms with Gasteiger partial charge < -0.3 is 14.1 Å². The Morgan fingerprint density at radius 1 is 1.06 bits per heavy atom. The summed E-state index contributed by atoms with van der Waals surface area (Å²) in [5.41, 5.74) is 5.95. The fraction of sp³-hybridized carbons (Fsp3) is 0.222. The van der Waals surface area contributed by atoms with Crippen LogP contribution in [0.3, 0.4) is 0 Å². The van der Waals surface area contributed by atoms with Crippen LogP contribution in [-0.2, 0) is 23.6 Å². The number of H-pyrrole nitrogens is 1. The molecule has 0 aliphatic rings. The summed E-state index contributed by atoms with van der Waals surface area (Å²) < 4.78 is 45.5. The summed E-state index contributed by atoms with van der Waals surface area (Å²) >= 11 is 0. The molecule has 36 heavy (non-hydrogen) atoms. The van der Waals surface area contributed by atoms with E-state index in [1.165, 1.54) is 12.1 Å². The lowest BCUT2D eigenvalue weighted by molar-refractivity contribution is 0.602. The Morgan fingerprint density at radius 2 is 1.78 bits per heavy atom. The van der Waals surface area contributed by atoms with E-state index >= 15 is 0 Å². The van der Waals surface area contributed by atoms with Gasteiger partial charge in [-0.1, -0.05) is 0 Å². The van der Waals surface area contributed by atoms with Crippen molar-refractivity contribution in [1.82, 2.24) is 14.1 Å². The molecular weight excluding hydrogens is 479 g/mol. The normalized spacial score (nSPS) is 12.0. The van der Waals surface area contributed by atoms with E-state index in [-0.39, 0.29) is 17.1 Å². The first kappa shape index (κ1) is 23.9. The second kappa shape index (κ2) is 8.67. The van der Waals surface area contributed by atoms with Gasteiger partial charge in [-0.25, -0.2) is 12.8 Å². The van der Waals surface area contributed by atoms with Gasteiger partial charge in [-0.3, -0.25) is 9.52 Å². The molecule has 0 radical (unpaired) electrons. The number of sulfonamides is 1. The summed E-state index contributed by atoms with van der Waals surface area (Å²) in [6.07, 6.45) is 5.39. The van der Waals surface area contributed by atoms with E-state index < -0.39 is 10.0 Å². The molecule has 0 amide bonds. The topological polar surface area (TPSA) is 88.9 Å². The average molecular weight is 507 g/mol. The molecule has 5 rings (SSSR count). The molecule has 0 fully saturated rings. The van der Waals surface area contributed by atoms with Gasteiger partial charge in [0, 0.05) is 48.5 Å². The van der Waals surface area contributed by atoms with Crippen molar-refractivity contribution in [3.05, 3.63) is 87.9 Å². The van der Waals surface area contributed by atoms with Crippen molar-refractivity contribution in [2.45, 2.75) is 27.3 Å². The minimum Gasteiger partial charge on any atom is -0.345 e. The monoisotopic (exact) mass is 506 g/mol. The first-order valence-corrected chi connectivity index (χ1v) is 13.3. The third-order valence-corrected chi connectivity index (χ3v) is 8.03. The van der Waals surface area contributed by atoms with E-state index in [0.29, 0.717) is 17.7 Å². The molecule has 0 aliphatic heterocycles. The largest absolute Gasteiger partial charge is 0.345 e. The van der Waals surface area contributed by atoms with Crippen LogP contribution in [0.4, 0.5) is 10.1 Å². The molecule has 0 saturated carbocycles. The first-order valence-electron chi connectivity index (χ1n) is 11.6. The van der Waals surface area contributed by atoms with Crippen molar-refractivity contribution in [3.63, 3.8) is 0 Å². The van der Waals surface area contributed by atoms with Gasteiger partial charge >= 0.3 is 0 Å². The van der Waals surface area contributed by atoms with Gasteiger partial charge in [0.1, 0.15) is 11.3 Å². The molecule has 186 valence electrons. The average Bonchev–Trinajstić information content (AvgIpc) is 3.37. The number of benzene rings is 2. The zero-order chi connectivity index (χ0) is 25.8. The van der Waals surface area contributed by atoms with Crippen molar-refractivity contribution in [2.75, 3.05) is 10.5 Å². The van der Waals surface area contributed by atoms with Crippen molar-refractivity contribution in [2.24, 2.45) is 7.05 Å². The zero-order valence-electron chi connectivity index (χ0n) is 20.5. The summed E-state index contributed by atoms with van der Waals surface area (Å²) in [4.78, 5) is 15.2. The third kappa shape index (κ3) is 4.09. The molecule has 9 heteroatoms. The Labute approximate surface area is 208 Å². The minimum absolute atomic E-state index is 0.0585. The highest BCUT2D eigenvalue weighted by Gasteiger charge is 2.18. The number of halogens is 1. The summed E-state index contributed by atoms with van der Waals surface area (Å²) in [6, 6.07) is 10.6. The third-order valence-electron chi connectivity index (χ3n) is 6.73. The maximum atomic E-state index is 13.9. The first-order chi connectivity index (χ1) is 17.1. The molecule has 2 N–H and O–H groups in total. The van der Waals surface area contributed by atoms with E-state index in [1.807, 2.05) is 62.1 Å². The Morgan fingerprint density at radius 3 is 2.47 bits per heavy atom. The lowest BCUT2D eigenvalue weighted by atomic mass is 10.0. The van der Waals surface area contributed by atoms with Crippen LogP contribution < -0.4 is 10.3 Å². The van der Waals surface area contributed by atoms with Gasteiger partial charge in [-0.2, -0.15) is 0 Å². The standard InChI is InChI=1S/C27H27FN4O3S/c1-5-36(34,35)30-24-12-18(23-14-31(4)26-20(23)6-8-29-27(26)33)13-25-21(24)7-9-32(25)15-22-16(2)10-19(28)11-17(22)3/h6-14,30H,5,15H2,1-4H3,(H,29,33). The number of hydrogen-bond donors (Lipinski definition) is 2. The van der Waals surface area contributed by atoms with Crippen LogP contribution in [0.5, 0.6) is 0 Å². The predicted molar refractivity (Wildman–Crippen MR) is 143 cm³/mol. The number of nitrogens with zero attached hydrogens (tertiary/aromatic N) is 2. The fourth-order valence-corrected chi connectivity index (χ4v) is 5.52. The highest BCUT2D eigenvalue weighted by Crippen LogP contribution is 2.36. The number of aromatic nitrogens is 3. The quantitative estimate of drug-likeness (QED) is 0.338. The van der Waals surface area contributed by atoms with E-state index in [0.717, 1.165) is 44.1 Å². The van der Waals surface area contributed by atoms with Gasteiger partial charge in [-0.05, 0) is 79.4 Å². The fourth-order valence-electron chi connectivity index (χ4n) is 4.87. The number of pyridine rings is 1. The number of nitrogens with one attached hydrogen (secondary N) is 2. The SMILES string of the molecule is CCS(=O)(=O)Nc1cc(-c2cn(C)c3c(=O)[nH]ccc23)cc2c1ccn2Cc1c(C)cc(F)cc1C. The predicted octanol–water partition coefficient (Wildman–Crippen LogP) is 5.05. The van der Waals surface area contributed by atoms with E-state index in [4.69, 9.17) is 0 Å². The lowest BCUT2D eigenvalue weighted by Gasteiger charge is -2.15. The van der Waals surface area contributed by atoms with Crippen LogP contribution in [0, 0.1) is 19.7 Å². The van der Waals surface area contributed by atoms with Crippen molar-refractivity contribution in [3.8, 4) is 11.1 Å². The summed E-state index contributed by atoms with van der Waals surface area (Å²) in [5.74, 6) is -0.326. The highest BCUT2D eigenvalue weighted by molar-refractivity contribution is 7.92. The second-order valence-electron chi connectivity index (χ2n) is 9.15. The van der Waals surface area contributed by atoms with Crippen molar-refractivity contribution in [1.29, 1.82) is 0 Å². The molecule has 0 spiro atoms. The Kier molecular flexibility index (Phi) is 5.75. The Balaban J connectivity index is 1.75. The number of rotatable bonds is 6. The highest BCUT2D eigenvalue weighted by atomic mass is 32.2. The van der Waals surface area contributed by atoms with Crippen molar-refractivity contribution < 1.29 is 12.8 Å². The van der Waals surface area contributed by atoms with Crippen molar-refractivity contribution >= 4 is 37.5 Å².